The number of nitrogens with zero attached hydrogens (tertiary/aromatic N) is 2. The minimum absolute atomic E-state index is 0.435. The lowest BCUT2D eigenvalue weighted by atomic mass is 10.2. The van der Waals surface area contributed by atoms with Crippen molar-refractivity contribution in [2.75, 3.05) is 0 Å². The molecule has 0 saturated heterocycles. The van der Waals surface area contributed by atoms with Crippen LogP contribution >= 0.6 is 0 Å². The van der Waals surface area contributed by atoms with Crippen LogP contribution in [0.5, 0.6) is 0 Å². The summed E-state index contributed by atoms with van der Waals surface area (Å²) >= 11 is 0. The molecule has 0 N–H and O–H groups in total. The second kappa shape index (κ2) is 3.79. The first kappa shape index (κ1) is 8.56. The molecule has 0 bridgehead atoms. The van der Waals surface area contributed by atoms with Crippen LogP contribution < -0.4 is 0 Å². The van der Waals surface area contributed by atoms with E-state index in [9.17, 15) is 4.79 Å². The molecule has 0 aliphatic heterocycles. The van der Waals surface area contributed by atoms with E-state index in [-0.39, 0.29) is 0 Å². The van der Waals surface area contributed by atoms with Gasteiger partial charge in [0.1, 0.15) is 5.69 Å². The Kier molecular flexibility index (Phi) is 2.32. The topological polar surface area (TPSA) is 42.9 Å². The van der Waals surface area contributed by atoms with Crippen LogP contribution in [0.3, 0.4) is 0 Å². The molecule has 0 radical (unpaired) electrons. The van der Waals surface area contributed by atoms with E-state index in [0.29, 0.717) is 5.69 Å². The number of pyridine rings is 2. The maximum atomic E-state index is 10.4. The molecule has 0 spiro atoms. The summed E-state index contributed by atoms with van der Waals surface area (Å²) in [7, 11) is 0. The van der Waals surface area contributed by atoms with Crippen molar-refractivity contribution in [3.8, 4) is 11.3 Å². The van der Waals surface area contributed by atoms with Crippen molar-refractivity contribution >= 4 is 6.29 Å². The van der Waals surface area contributed by atoms with Gasteiger partial charge in [0.15, 0.2) is 6.29 Å². The van der Waals surface area contributed by atoms with Gasteiger partial charge in [0, 0.05) is 18.0 Å². The predicted molar refractivity (Wildman–Crippen MR) is 52.9 cm³/mol. The molecule has 2 aromatic heterocycles. The van der Waals surface area contributed by atoms with Crippen LogP contribution in [0.2, 0.25) is 0 Å². The zero-order chi connectivity index (χ0) is 9.80. The normalized spacial score (nSPS) is 9.71. The minimum atomic E-state index is 0.435. The Balaban J connectivity index is 2.39. The van der Waals surface area contributed by atoms with Crippen LogP contribution in [0.15, 0.2) is 42.7 Å². The van der Waals surface area contributed by atoms with E-state index in [1.807, 2.05) is 24.3 Å². The third-order valence-corrected chi connectivity index (χ3v) is 1.87. The van der Waals surface area contributed by atoms with Crippen molar-refractivity contribution < 1.29 is 4.79 Å². The molecule has 0 aliphatic carbocycles. The van der Waals surface area contributed by atoms with Crippen molar-refractivity contribution in [3.05, 3.63) is 48.4 Å². The number of rotatable bonds is 2. The first-order chi connectivity index (χ1) is 6.90. The molecular formula is C11H8N2O. The molecule has 3 nitrogen and oxygen atoms in total. The highest BCUT2D eigenvalue weighted by Gasteiger charge is 1.98. The van der Waals surface area contributed by atoms with Gasteiger partial charge >= 0.3 is 0 Å². The molecule has 2 aromatic rings. The van der Waals surface area contributed by atoms with Gasteiger partial charge in [-0.25, -0.2) is 0 Å². The van der Waals surface area contributed by atoms with Gasteiger partial charge in [-0.3, -0.25) is 14.8 Å². The highest BCUT2D eigenvalue weighted by molar-refractivity contribution is 5.72. The van der Waals surface area contributed by atoms with Crippen LogP contribution in [0.25, 0.3) is 11.3 Å². The van der Waals surface area contributed by atoms with Gasteiger partial charge in [0.2, 0.25) is 0 Å². The van der Waals surface area contributed by atoms with Crippen LogP contribution in [-0.2, 0) is 0 Å². The number of hydrogen-bond donors (Lipinski definition) is 0. The zero-order valence-corrected chi connectivity index (χ0v) is 7.42. The third kappa shape index (κ3) is 1.66. The van der Waals surface area contributed by atoms with Crippen molar-refractivity contribution in [1.82, 2.24) is 9.97 Å². The molecule has 0 aromatic carbocycles. The lowest BCUT2D eigenvalue weighted by Gasteiger charge is -1.98. The van der Waals surface area contributed by atoms with Crippen LogP contribution in [-0.4, -0.2) is 16.3 Å². The van der Waals surface area contributed by atoms with E-state index < -0.39 is 0 Å². The maximum absolute atomic E-state index is 10.4. The SMILES string of the molecule is O=Cc1ccc(-c2ccccn2)cn1. The monoisotopic (exact) mass is 184 g/mol. The summed E-state index contributed by atoms with van der Waals surface area (Å²) in [5, 5.41) is 0. The summed E-state index contributed by atoms with van der Waals surface area (Å²) in [5.74, 6) is 0. The summed E-state index contributed by atoms with van der Waals surface area (Å²) in [4.78, 5) is 18.5. The number of hydrogen-bond acceptors (Lipinski definition) is 3. The Labute approximate surface area is 81.5 Å². The molecule has 3 heteroatoms. The Hall–Kier alpha value is -2.03. The Morgan fingerprint density at radius 3 is 2.57 bits per heavy atom. The molecule has 0 saturated carbocycles. The van der Waals surface area contributed by atoms with Gasteiger partial charge in [-0.15, -0.1) is 0 Å². The fourth-order valence-corrected chi connectivity index (χ4v) is 1.16. The fraction of sp³-hybridized carbons (Fsp3) is 0. The molecule has 2 heterocycles. The predicted octanol–water partition coefficient (Wildman–Crippen LogP) is 1.96. The molecular weight excluding hydrogens is 176 g/mol. The van der Waals surface area contributed by atoms with Crippen molar-refractivity contribution in [2.24, 2.45) is 0 Å². The summed E-state index contributed by atoms with van der Waals surface area (Å²) in [6, 6.07) is 9.18. The summed E-state index contributed by atoms with van der Waals surface area (Å²) < 4.78 is 0. The molecule has 14 heavy (non-hydrogen) atoms. The van der Waals surface area contributed by atoms with Crippen LogP contribution in [0.1, 0.15) is 10.5 Å². The summed E-state index contributed by atoms with van der Waals surface area (Å²) in [6.07, 6.45) is 4.09. The van der Waals surface area contributed by atoms with Crippen LogP contribution in [0, 0.1) is 0 Å². The van der Waals surface area contributed by atoms with Crippen molar-refractivity contribution in [3.63, 3.8) is 0 Å². The molecule has 0 atom stereocenters. The van der Waals surface area contributed by atoms with E-state index in [1.54, 1.807) is 18.5 Å². The standard InChI is InChI=1S/C11H8N2O/c14-8-10-5-4-9(7-13-10)11-3-1-2-6-12-11/h1-8H. The first-order valence-corrected chi connectivity index (χ1v) is 4.23. The van der Waals surface area contributed by atoms with Gasteiger partial charge in [-0.1, -0.05) is 6.07 Å². The number of carbonyl (C=O) groups excluding carboxylic acids is 1. The molecule has 0 aliphatic rings. The van der Waals surface area contributed by atoms with Gasteiger partial charge in [0.05, 0.1) is 5.69 Å². The minimum Gasteiger partial charge on any atom is -0.296 e. The first-order valence-electron chi connectivity index (χ1n) is 4.23. The van der Waals surface area contributed by atoms with Crippen molar-refractivity contribution in [2.45, 2.75) is 0 Å². The molecule has 2 rings (SSSR count). The summed E-state index contributed by atoms with van der Waals surface area (Å²) in [6.45, 7) is 0. The largest absolute Gasteiger partial charge is 0.296 e. The van der Waals surface area contributed by atoms with Gasteiger partial charge < -0.3 is 0 Å². The average molecular weight is 184 g/mol. The molecule has 0 amide bonds. The number of aromatic nitrogens is 2. The molecule has 68 valence electrons. The smallest absolute Gasteiger partial charge is 0.168 e. The number of carbonyl (C=O) groups is 1. The van der Waals surface area contributed by atoms with Gasteiger partial charge in [-0.05, 0) is 24.3 Å². The Morgan fingerprint density at radius 1 is 1.07 bits per heavy atom. The second-order valence-corrected chi connectivity index (χ2v) is 2.80. The highest BCUT2D eigenvalue weighted by Crippen LogP contribution is 2.14. The van der Waals surface area contributed by atoms with E-state index in [2.05, 4.69) is 9.97 Å². The Bertz CT molecular complexity index is 423. The molecule has 0 fully saturated rings. The summed E-state index contributed by atoms with van der Waals surface area (Å²) in [5.41, 5.74) is 2.21. The third-order valence-electron chi connectivity index (χ3n) is 1.87. The van der Waals surface area contributed by atoms with E-state index in [1.165, 1.54) is 0 Å². The second-order valence-electron chi connectivity index (χ2n) is 2.80. The van der Waals surface area contributed by atoms with E-state index in [0.717, 1.165) is 17.5 Å². The molecule has 0 unspecified atom stereocenters. The quantitative estimate of drug-likeness (QED) is 0.670. The average Bonchev–Trinajstić information content (AvgIpc) is 2.30. The maximum Gasteiger partial charge on any atom is 0.168 e. The van der Waals surface area contributed by atoms with E-state index >= 15 is 0 Å². The van der Waals surface area contributed by atoms with Crippen LogP contribution in [0.4, 0.5) is 0 Å². The van der Waals surface area contributed by atoms with E-state index in [4.69, 9.17) is 0 Å². The lowest BCUT2D eigenvalue weighted by Crippen LogP contribution is -1.87. The Morgan fingerprint density at radius 2 is 2.00 bits per heavy atom. The van der Waals surface area contributed by atoms with Crippen molar-refractivity contribution in [1.29, 1.82) is 0 Å². The van der Waals surface area contributed by atoms with Gasteiger partial charge in [-0.2, -0.15) is 0 Å². The number of aldehydes is 1. The highest BCUT2D eigenvalue weighted by atomic mass is 16.1. The van der Waals surface area contributed by atoms with Gasteiger partial charge in [0.25, 0.3) is 0 Å². The fourth-order valence-electron chi connectivity index (χ4n) is 1.16. The lowest BCUT2D eigenvalue weighted by molar-refractivity contribution is 0.111. The zero-order valence-electron chi connectivity index (χ0n) is 7.42.